The van der Waals surface area contributed by atoms with E-state index in [1.54, 1.807) is 0 Å². The van der Waals surface area contributed by atoms with E-state index in [1.807, 2.05) is 6.07 Å². The summed E-state index contributed by atoms with van der Waals surface area (Å²) in [7, 11) is 0. The van der Waals surface area contributed by atoms with Crippen LogP contribution in [0.5, 0.6) is 0 Å². The fourth-order valence-electron chi connectivity index (χ4n) is 2.58. The molecule has 2 N–H and O–H groups in total. The van der Waals surface area contributed by atoms with Crippen LogP contribution in [0.15, 0.2) is 43.0 Å². The summed E-state index contributed by atoms with van der Waals surface area (Å²) < 4.78 is 0. The predicted molar refractivity (Wildman–Crippen MR) is 73.2 cm³/mol. The molecule has 0 aliphatic carbocycles. The Labute approximate surface area is 108 Å². The van der Waals surface area contributed by atoms with Crippen LogP contribution in [-0.2, 0) is 10.2 Å². The van der Waals surface area contributed by atoms with Gasteiger partial charge in [-0.2, -0.15) is 0 Å². The lowest BCUT2D eigenvalue weighted by Gasteiger charge is -2.39. The number of carbonyl (C=O) groups excluding carboxylic acids is 1. The fourth-order valence-corrected chi connectivity index (χ4v) is 2.58. The molecule has 0 saturated carbocycles. The summed E-state index contributed by atoms with van der Waals surface area (Å²) in [5, 5.41) is 6.25. The Morgan fingerprint density at radius 1 is 1.50 bits per heavy atom. The van der Waals surface area contributed by atoms with E-state index in [-0.39, 0.29) is 17.5 Å². The molecule has 1 aliphatic heterocycles. The number of benzene rings is 1. The molecular weight excluding hydrogens is 224 g/mol. The summed E-state index contributed by atoms with van der Waals surface area (Å²) in [6.07, 6.45) is 3.32. The lowest BCUT2D eigenvalue weighted by Crippen LogP contribution is -2.53. The molecule has 2 atom stereocenters. The molecule has 0 radical (unpaired) electrons. The molecule has 1 aromatic rings. The van der Waals surface area contributed by atoms with Crippen LogP contribution in [-0.4, -0.2) is 18.6 Å². The predicted octanol–water partition coefficient (Wildman–Crippen LogP) is 1.96. The van der Waals surface area contributed by atoms with Gasteiger partial charge in [-0.1, -0.05) is 43.8 Å². The van der Waals surface area contributed by atoms with Gasteiger partial charge >= 0.3 is 0 Å². The van der Waals surface area contributed by atoms with Crippen molar-refractivity contribution in [3.8, 4) is 0 Å². The molecule has 3 heteroatoms. The molecule has 1 heterocycles. The molecule has 0 spiro atoms. The molecule has 2 unspecified atom stereocenters. The standard InChI is InChI=1S/C15H20N2O/c1-3-14(18)17-13-11-15(2,9-10-16-13)12-7-5-4-6-8-12/h3-8,13,16H,1,9-11H2,2H3,(H,17,18). The van der Waals surface area contributed by atoms with Crippen molar-refractivity contribution in [2.75, 3.05) is 6.54 Å². The topological polar surface area (TPSA) is 41.1 Å². The molecule has 96 valence electrons. The third-order valence-corrected chi connectivity index (χ3v) is 3.69. The zero-order chi connectivity index (χ0) is 13.0. The Bertz CT molecular complexity index is 429. The monoisotopic (exact) mass is 244 g/mol. The first-order chi connectivity index (χ1) is 8.64. The van der Waals surface area contributed by atoms with Crippen molar-refractivity contribution >= 4 is 5.91 Å². The number of carbonyl (C=O) groups is 1. The highest BCUT2D eigenvalue weighted by atomic mass is 16.1. The molecule has 1 aromatic carbocycles. The quantitative estimate of drug-likeness (QED) is 0.798. The summed E-state index contributed by atoms with van der Waals surface area (Å²) in [4.78, 5) is 11.4. The van der Waals surface area contributed by atoms with Crippen molar-refractivity contribution < 1.29 is 4.79 Å². The maximum absolute atomic E-state index is 11.4. The minimum atomic E-state index is -0.121. The first kappa shape index (κ1) is 12.8. The summed E-state index contributed by atoms with van der Waals surface area (Å²) in [6.45, 7) is 6.65. The number of hydrogen-bond donors (Lipinski definition) is 2. The van der Waals surface area contributed by atoms with Gasteiger partial charge in [0.15, 0.2) is 0 Å². The number of piperidine rings is 1. The van der Waals surface area contributed by atoms with Gasteiger partial charge in [-0.25, -0.2) is 0 Å². The van der Waals surface area contributed by atoms with E-state index < -0.39 is 0 Å². The Hall–Kier alpha value is -1.61. The molecule has 1 fully saturated rings. The van der Waals surface area contributed by atoms with E-state index >= 15 is 0 Å². The molecule has 1 saturated heterocycles. The highest BCUT2D eigenvalue weighted by Crippen LogP contribution is 2.34. The summed E-state index contributed by atoms with van der Waals surface area (Å²) in [6, 6.07) is 10.5. The fraction of sp³-hybridized carbons (Fsp3) is 0.400. The number of rotatable bonds is 3. The number of amides is 1. The van der Waals surface area contributed by atoms with Gasteiger partial charge in [-0.3, -0.25) is 10.1 Å². The zero-order valence-electron chi connectivity index (χ0n) is 10.8. The normalized spacial score (nSPS) is 27.5. The van der Waals surface area contributed by atoms with Crippen LogP contribution in [0.1, 0.15) is 25.3 Å². The molecule has 18 heavy (non-hydrogen) atoms. The van der Waals surface area contributed by atoms with Crippen molar-refractivity contribution in [2.45, 2.75) is 31.3 Å². The second-order valence-electron chi connectivity index (χ2n) is 5.10. The van der Waals surface area contributed by atoms with Gasteiger partial charge in [0, 0.05) is 0 Å². The molecule has 1 amide bonds. The van der Waals surface area contributed by atoms with E-state index in [0.29, 0.717) is 0 Å². The number of hydrogen-bond acceptors (Lipinski definition) is 2. The van der Waals surface area contributed by atoms with Crippen molar-refractivity contribution in [1.29, 1.82) is 0 Å². The Morgan fingerprint density at radius 3 is 2.89 bits per heavy atom. The van der Waals surface area contributed by atoms with E-state index in [4.69, 9.17) is 0 Å². The van der Waals surface area contributed by atoms with Gasteiger partial charge in [0.2, 0.25) is 5.91 Å². The van der Waals surface area contributed by atoms with Crippen LogP contribution in [0.25, 0.3) is 0 Å². The van der Waals surface area contributed by atoms with Crippen molar-refractivity contribution in [2.24, 2.45) is 0 Å². The maximum Gasteiger partial charge on any atom is 0.244 e. The van der Waals surface area contributed by atoms with Crippen molar-refractivity contribution in [1.82, 2.24) is 10.6 Å². The third kappa shape index (κ3) is 2.79. The summed E-state index contributed by atoms with van der Waals surface area (Å²) in [5.41, 5.74) is 1.45. The van der Waals surface area contributed by atoms with Crippen molar-refractivity contribution in [3.63, 3.8) is 0 Å². The van der Waals surface area contributed by atoms with Gasteiger partial charge < -0.3 is 5.32 Å². The van der Waals surface area contributed by atoms with Crippen molar-refractivity contribution in [3.05, 3.63) is 48.6 Å². The lowest BCUT2D eigenvalue weighted by atomic mass is 9.74. The zero-order valence-corrected chi connectivity index (χ0v) is 10.8. The minimum Gasteiger partial charge on any atom is -0.337 e. The minimum absolute atomic E-state index is 0.0226. The van der Waals surface area contributed by atoms with Crippen LogP contribution in [0.3, 0.4) is 0 Å². The summed E-state index contributed by atoms with van der Waals surface area (Å²) >= 11 is 0. The molecule has 0 aromatic heterocycles. The average molecular weight is 244 g/mol. The molecule has 1 aliphatic rings. The van der Waals surface area contributed by atoms with Crippen LogP contribution >= 0.6 is 0 Å². The van der Waals surface area contributed by atoms with E-state index in [9.17, 15) is 4.79 Å². The van der Waals surface area contributed by atoms with Gasteiger partial charge in [0.25, 0.3) is 0 Å². The molecular formula is C15H20N2O. The molecule has 0 bridgehead atoms. The smallest absolute Gasteiger partial charge is 0.244 e. The van der Waals surface area contributed by atoms with Gasteiger partial charge in [0.05, 0.1) is 6.17 Å². The van der Waals surface area contributed by atoms with E-state index in [0.717, 1.165) is 19.4 Å². The SMILES string of the molecule is C=CC(=O)NC1CC(C)(c2ccccc2)CCN1. The van der Waals surface area contributed by atoms with E-state index in [2.05, 4.69) is 48.4 Å². The Balaban J connectivity index is 2.10. The average Bonchev–Trinajstić information content (AvgIpc) is 2.40. The van der Waals surface area contributed by atoms with Gasteiger partial charge in [-0.15, -0.1) is 0 Å². The van der Waals surface area contributed by atoms with Gasteiger partial charge in [-0.05, 0) is 36.4 Å². The van der Waals surface area contributed by atoms with Crippen LogP contribution in [0.4, 0.5) is 0 Å². The first-order valence-corrected chi connectivity index (χ1v) is 6.36. The Morgan fingerprint density at radius 2 is 2.22 bits per heavy atom. The highest BCUT2D eigenvalue weighted by Gasteiger charge is 2.33. The maximum atomic E-state index is 11.4. The second kappa shape index (κ2) is 5.36. The van der Waals surface area contributed by atoms with Gasteiger partial charge in [0.1, 0.15) is 0 Å². The third-order valence-electron chi connectivity index (χ3n) is 3.69. The summed E-state index contributed by atoms with van der Waals surface area (Å²) in [5.74, 6) is -0.121. The van der Waals surface area contributed by atoms with Crippen LogP contribution in [0, 0.1) is 0 Å². The van der Waals surface area contributed by atoms with Crippen LogP contribution in [0.2, 0.25) is 0 Å². The highest BCUT2D eigenvalue weighted by molar-refractivity contribution is 5.87. The second-order valence-corrected chi connectivity index (χ2v) is 5.10. The van der Waals surface area contributed by atoms with E-state index in [1.165, 1.54) is 11.6 Å². The Kier molecular flexibility index (Phi) is 3.82. The lowest BCUT2D eigenvalue weighted by molar-refractivity contribution is -0.117. The number of nitrogens with one attached hydrogen (secondary N) is 2. The van der Waals surface area contributed by atoms with Crippen LogP contribution < -0.4 is 10.6 Å². The first-order valence-electron chi connectivity index (χ1n) is 6.36. The molecule has 3 nitrogen and oxygen atoms in total. The largest absolute Gasteiger partial charge is 0.337 e. The molecule has 2 rings (SSSR count).